The fourth-order valence-electron chi connectivity index (χ4n) is 11.0. The number of amides is 1. The molecule has 1 rings (SSSR count). The van der Waals surface area contributed by atoms with Gasteiger partial charge in [0, 0.05) is 6.42 Å². The van der Waals surface area contributed by atoms with Gasteiger partial charge in [-0.15, -0.1) is 0 Å². The van der Waals surface area contributed by atoms with Crippen LogP contribution in [0.2, 0.25) is 0 Å². The first-order valence-electron chi connectivity index (χ1n) is 36.5. The number of rotatable bonds is 62. The first-order valence-corrected chi connectivity index (χ1v) is 36.5. The third kappa shape index (κ3) is 50.3. The van der Waals surface area contributed by atoms with Crippen LogP contribution < -0.4 is 5.32 Å². The van der Waals surface area contributed by atoms with Gasteiger partial charge in [0.2, 0.25) is 5.91 Å². The average Bonchev–Trinajstić information content (AvgIpc) is 1.25. The Morgan fingerprint density at radius 1 is 0.455 bits per heavy atom. The highest BCUT2D eigenvalue weighted by Crippen LogP contribution is 2.26. The number of carbonyl (C=O) groups excluding carboxylic acids is 2. The monoisotopic (exact) mass is 1230 g/mol. The molecule has 1 saturated heterocycles. The molecule has 1 aliphatic rings. The molecule has 88 heavy (non-hydrogen) atoms. The smallest absolute Gasteiger partial charge is 0.306 e. The second-order valence-corrected chi connectivity index (χ2v) is 24.9. The minimum absolute atomic E-state index is 0.118. The maximum Gasteiger partial charge on any atom is 0.306 e. The summed E-state index contributed by atoms with van der Waals surface area (Å²) in [5.74, 6) is -1.20. The van der Waals surface area contributed by atoms with Crippen molar-refractivity contribution in [3.63, 3.8) is 0 Å². The van der Waals surface area contributed by atoms with Gasteiger partial charge in [-0.05, 0) is 103 Å². The molecule has 1 heterocycles. The number of unbranched alkanes of at least 4 members (excludes halogenated alkanes) is 34. The van der Waals surface area contributed by atoms with E-state index < -0.39 is 67.4 Å². The summed E-state index contributed by atoms with van der Waals surface area (Å²) in [5, 5.41) is 57.3. The predicted octanol–water partition coefficient (Wildman–Crippen LogP) is 19.0. The standard InChI is InChI=1S/C77H135NO10/c1-4-7-10-13-16-19-22-25-27-29-31-33-34-35-36-37-39-40-42-44-46-49-52-55-58-61-64-70(81)76(85)78-68(69(80)63-60-57-54-51-48-24-21-18-15-12-9-6-3)67-86-77-75(74(84)73(83)71(66-79)87-77)88-72(82)65-62-59-56-53-50-47-45-43-41-38-32-30-28-26-23-20-17-14-11-8-5-2/h7,10,16-17,19-20,25-28,31,33,35-36,60,63,68-71,73-75,77,79-81,83-84H,4-6,8-9,11-15,18,21-24,29-30,32,34,37-59,61-62,64-67H2,1-3H3,(H,78,85)/b10-7-,19-16-,20-17-,27-25-,28-26-,33-31-,36-35-,63-60+. The zero-order valence-electron chi connectivity index (χ0n) is 56.6. The number of aliphatic hydroxyl groups is 5. The Labute approximate surface area is 539 Å². The summed E-state index contributed by atoms with van der Waals surface area (Å²) in [6, 6.07) is -1.03. The van der Waals surface area contributed by atoms with Crippen molar-refractivity contribution in [3.05, 3.63) is 97.2 Å². The summed E-state index contributed by atoms with van der Waals surface area (Å²) < 4.78 is 17.7. The van der Waals surface area contributed by atoms with Crippen molar-refractivity contribution in [1.29, 1.82) is 0 Å². The third-order valence-electron chi connectivity index (χ3n) is 16.7. The fourth-order valence-corrected chi connectivity index (χ4v) is 11.0. The lowest BCUT2D eigenvalue weighted by molar-refractivity contribution is -0.305. The average molecular weight is 1230 g/mol. The Hall–Kier alpha value is -3.42. The van der Waals surface area contributed by atoms with E-state index in [9.17, 15) is 35.1 Å². The first kappa shape index (κ1) is 82.6. The first-order chi connectivity index (χ1) is 43.2. The molecule has 0 aliphatic carbocycles. The number of allylic oxidation sites excluding steroid dienone is 15. The lowest BCUT2D eigenvalue weighted by Crippen LogP contribution is -2.61. The minimum Gasteiger partial charge on any atom is -0.454 e. The third-order valence-corrected chi connectivity index (χ3v) is 16.7. The van der Waals surface area contributed by atoms with Gasteiger partial charge in [0.15, 0.2) is 12.4 Å². The van der Waals surface area contributed by atoms with Crippen molar-refractivity contribution < 1.29 is 49.3 Å². The normalized spacial score (nSPS) is 18.8. The predicted molar refractivity (Wildman–Crippen MR) is 370 cm³/mol. The van der Waals surface area contributed by atoms with Crippen LogP contribution in [0, 0.1) is 0 Å². The molecule has 8 unspecified atom stereocenters. The number of carbonyl (C=O) groups is 2. The molecule has 11 nitrogen and oxygen atoms in total. The van der Waals surface area contributed by atoms with Crippen LogP contribution in [-0.4, -0.2) is 99.6 Å². The van der Waals surface area contributed by atoms with Gasteiger partial charge in [0.05, 0.1) is 25.4 Å². The number of nitrogens with one attached hydrogen (secondary N) is 1. The molecule has 0 bridgehead atoms. The molecule has 0 aromatic rings. The highest BCUT2D eigenvalue weighted by atomic mass is 16.7. The molecule has 6 N–H and O–H groups in total. The molecule has 11 heteroatoms. The minimum atomic E-state index is -1.62. The largest absolute Gasteiger partial charge is 0.454 e. The highest BCUT2D eigenvalue weighted by Gasteiger charge is 2.47. The number of aliphatic hydroxyl groups excluding tert-OH is 5. The SMILES string of the molecule is CC/C=C\C/C=C\C/C=C\C/C=C\C/C=C\CCCCCCCCCCCCC(O)C(=O)NC(COC1OC(CO)C(O)C(O)C1OC(=O)CCCCCCCCCCCCC/C=C\C/C=C\CCCCC)C(O)/C=C/CCCCCCCCCCCC. The lowest BCUT2D eigenvalue weighted by atomic mass is 9.99. The van der Waals surface area contributed by atoms with E-state index in [0.717, 1.165) is 103 Å². The highest BCUT2D eigenvalue weighted by molar-refractivity contribution is 5.80. The van der Waals surface area contributed by atoms with E-state index >= 15 is 0 Å². The van der Waals surface area contributed by atoms with Crippen molar-refractivity contribution in [2.45, 2.75) is 365 Å². The molecule has 0 spiro atoms. The Kier molecular flexibility index (Phi) is 59.8. The van der Waals surface area contributed by atoms with E-state index in [-0.39, 0.29) is 19.4 Å². The molecule has 0 aromatic heterocycles. The molecule has 1 fully saturated rings. The maximum atomic E-state index is 13.5. The summed E-state index contributed by atoms with van der Waals surface area (Å²) >= 11 is 0. The molecule has 1 amide bonds. The number of hydrogen-bond acceptors (Lipinski definition) is 10. The van der Waals surface area contributed by atoms with Crippen LogP contribution in [0.4, 0.5) is 0 Å². The van der Waals surface area contributed by atoms with E-state index in [1.54, 1.807) is 6.08 Å². The number of esters is 1. The summed E-state index contributed by atoms with van der Waals surface area (Å²) in [6.45, 7) is 5.68. The summed E-state index contributed by atoms with van der Waals surface area (Å²) in [5.41, 5.74) is 0. The second-order valence-electron chi connectivity index (χ2n) is 24.9. The Morgan fingerprint density at radius 3 is 1.25 bits per heavy atom. The van der Waals surface area contributed by atoms with Crippen LogP contribution in [0.15, 0.2) is 97.2 Å². The van der Waals surface area contributed by atoms with Gasteiger partial charge in [0.1, 0.15) is 24.4 Å². The molecule has 508 valence electrons. The zero-order chi connectivity index (χ0) is 63.9. The number of ether oxygens (including phenoxy) is 3. The number of hydrogen-bond donors (Lipinski definition) is 6. The van der Waals surface area contributed by atoms with Crippen molar-refractivity contribution in [3.8, 4) is 0 Å². The molecular weight excluding hydrogens is 1100 g/mol. The van der Waals surface area contributed by atoms with Crippen LogP contribution in [0.1, 0.15) is 316 Å². The Bertz CT molecular complexity index is 1800. The second kappa shape index (κ2) is 63.7. The fraction of sp³-hybridized carbons (Fsp3) is 0.766. The summed E-state index contributed by atoms with van der Waals surface area (Å²) in [7, 11) is 0. The molecule has 1 aliphatic heterocycles. The van der Waals surface area contributed by atoms with Crippen LogP contribution in [0.3, 0.4) is 0 Å². The maximum absolute atomic E-state index is 13.5. The van der Waals surface area contributed by atoms with Gasteiger partial charge < -0.3 is 45.1 Å². The van der Waals surface area contributed by atoms with Crippen LogP contribution in [0.25, 0.3) is 0 Å². The van der Waals surface area contributed by atoms with Crippen molar-refractivity contribution in [2.24, 2.45) is 0 Å². The van der Waals surface area contributed by atoms with Gasteiger partial charge >= 0.3 is 5.97 Å². The van der Waals surface area contributed by atoms with E-state index in [1.807, 2.05) is 6.08 Å². The van der Waals surface area contributed by atoms with E-state index in [4.69, 9.17) is 14.2 Å². The molecule has 8 atom stereocenters. The van der Waals surface area contributed by atoms with E-state index in [2.05, 4.69) is 111 Å². The van der Waals surface area contributed by atoms with Crippen LogP contribution in [0.5, 0.6) is 0 Å². The topological polar surface area (TPSA) is 175 Å². The quantitative estimate of drug-likeness (QED) is 0.0195. The van der Waals surface area contributed by atoms with E-state index in [0.29, 0.717) is 12.8 Å². The Morgan fingerprint density at radius 2 is 0.818 bits per heavy atom. The van der Waals surface area contributed by atoms with Crippen LogP contribution in [-0.2, 0) is 23.8 Å². The van der Waals surface area contributed by atoms with Gasteiger partial charge in [0.25, 0.3) is 0 Å². The Balaban J connectivity index is 2.56. The lowest BCUT2D eigenvalue weighted by Gasteiger charge is -2.41. The van der Waals surface area contributed by atoms with E-state index in [1.165, 1.54) is 167 Å². The zero-order valence-corrected chi connectivity index (χ0v) is 56.6. The summed E-state index contributed by atoms with van der Waals surface area (Å²) in [4.78, 5) is 26.7. The van der Waals surface area contributed by atoms with Crippen molar-refractivity contribution >= 4 is 11.9 Å². The summed E-state index contributed by atoms with van der Waals surface area (Å²) in [6.07, 6.45) is 75.8. The van der Waals surface area contributed by atoms with Crippen molar-refractivity contribution in [1.82, 2.24) is 5.32 Å². The van der Waals surface area contributed by atoms with Gasteiger partial charge in [-0.25, -0.2) is 0 Å². The van der Waals surface area contributed by atoms with Gasteiger partial charge in [-0.1, -0.05) is 304 Å². The van der Waals surface area contributed by atoms with Crippen LogP contribution >= 0.6 is 0 Å². The van der Waals surface area contributed by atoms with Gasteiger partial charge in [-0.2, -0.15) is 0 Å². The molecular formula is C77H135NO10. The molecule has 0 aromatic carbocycles. The van der Waals surface area contributed by atoms with Gasteiger partial charge in [-0.3, -0.25) is 9.59 Å². The molecule has 0 radical (unpaired) electrons. The molecule has 0 saturated carbocycles. The van der Waals surface area contributed by atoms with Crippen molar-refractivity contribution in [2.75, 3.05) is 13.2 Å².